The first-order chi connectivity index (χ1) is 5.53. The van der Waals surface area contributed by atoms with Crippen molar-refractivity contribution in [2.75, 3.05) is 0 Å². The monoisotopic (exact) mass is 190 g/mol. The lowest BCUT2D eigenvalue weighted by molar-refractivity contribution is -0.134. The van der Waals surface area contributed by atoms with Crippen LogP contribution >= 0.6 is 11.6 Å². The lowest BCUT2D eigenvalue weighted by atomic mass is 9.78. The van der Waals surface area contributed by atoms with Gasteiger partial charge < -0.3 is 9.84 Å². The van der Waals surface area contributed by atoms with Crippen LogP contribution in [-0.2, 0) is 4.74 Å². The second-order valence-electron chi connectivity index (χ2n) is 4.45. The van der Waals surface area contributed by atoms with E-state index >= 15 is 0 Å². The van der Waals surface area contributed by atoms with Gasteiger partial charge in [0.2, 0.25) is 0 Å². The SMILES string of the molecule is CC1(C)[C@H]2CC[C@H](O2)[C@@H](Cl)[C@@H]1O. The number of rotatable bonds is 0. The first kappa shape index (κ1) is 8.79. The number of hydrogen-bond donors (Lipinski definition) is 1. The Balaban J connectivity index is 2.26. The van der Waals surface area contributed by atoms with E-state index in [2.05, 4.69) is 0 Å². The number of alkyl halides is 1. The van der Waals surface area contributed by atoms with E-state index in [1.54, 1.807) is 0 Å². The van der Waals surface area contributed by atoms with E-state index in [0.717, 1.165) is 12.8 Å². The number of aliphatic hydroxyl groups excluding tert-OH is 1. The summed E-state index contributed by atoms with van der Waals surface area (Å²) >= 11 is 6.07. The number of ether oxygens (including phenoxy) is 1. The maximum atomic E-state index is 9.87. The van der Waals surface area contributed by atoms with Crippen LogP contribution in [0, 0.1) is 5.41 Å². The summed E-state index contributed by atoms with van der Waals surface area (Å²) in [6.45, 7) is 4.05. The topological polar surface area (TPSA) is 29.5 Å². The van der Waals surface area contributed by atoms with Crippen LogP contribution in [0.1, 0.15) is 26.7 Å². The summed E-state index contributed by atoms with van der Waals surface area (Å²) in [6, 6.07) is 0. The summed E-state index contributed by atoms with van der Waals surface area (Å²) in [7, 11) is 0. The van der Waals surface area contributed by atoms with Gasteiger partial charge in [-0.25, -0.2) is 0 Å². The molecule has 2 rings (SSSR count). The van der Waals surface area contributed by atoms with E-state index in [1.807, 2.05) is 13.8 Å². The molecule has 0 aromatic heterocycles. The number of fused-ring (bicyclic) bond motifs is 2. The van der Waals surface area contributed by atoms with Crippen LogP contribution in [0.15, 0.2) is 0 Å². The molecular weight excluding hydrogens is 176 g/mol. The maximum Gasteiger partial charge on any atom is 0.0863 e. The molecule has 2 aliphatic heterocycles. The maximum absolute atomic E-state index is 9.87. The summed E-state index contributed by atoms with van der Waals surface area (Å²) in [5.74, 6) is 0. The fourth-order valence-corrected chi connectivity index (χ4v) is 2.76. The molecular formula is C9H15ClO2. The van der Waals surface area contributed by atoms with Crippen LogP contribution in [-0.4, -0.2) is 28.8 Å². The van der Waals surface area contributed by atoms with Gasteiger partial charge in [-0.1, -0.05) is 13.8 Å². The second-order valence-corrected chi connectivity index (χ2v) is 4.96. The first-order valence-corrected chi connectivity index (χ1v) is 4.94. The van der Waals surface area contributed by atoms with Gasteiger partial charge in [-0.15, -0.1) is 11.6 Å². The van der Waals surface area contributed by atoms with Crippen LogP contribution in [0.3, 0.4) is 0 Å². The summed E-state index contributed by atoms with van der Waals surface area (Å²) in [5, 5.41) is 9.65. The molecule has 70 valence electrons. The van der Waals surface area contributed by atoms with Crippen LogP contribution in [0.5, 0.6) is 0 Å². The van der Waals surface area contributed by atoms with Gasteiger partial charge in [-0.2, -0.15) is 0 Å². The third kappa shape index (κ3) is 1.02. The van der Waals surface area contributed by atoms with Crippen LogP contribution < -0.4 is 0 Å². The Morgan fingerprint density at radius 3 is 2.75 bits per heavy atom. The Labute approximate surface area is 77.9 Å². The zero-order valence-electron chi connectivity index (χ0n) is 7.46. The molecule has 3 heteroatoms. The van der Waals surface area contributed by atoms with Gasteiger partial charge in [-0.3, -0.25) is 0 Å². The molecule has 0 amide bonds. The third-order valence-electron chi connectivity index (χ3n) is 3.30. The molecule has 1 N–H and O–H groups in total. The normalized spacial score (nSPS) is 51.0. The smallest absolute Gasteiger partial charge is 0.0863 e. The molecule has 12 heavy (non-hydrogen) atoms. The summed E-state index contributed by atoms with van der Waals surface area (Å²) in [5.41, 5.74) is -0.181. The Morgan fingerprint density at radius 1 is 1.42 bits per heavy atom. The Bertz CT molecular complexity index is 193. The molecule has 2 heterocycles. The predicted octanol–water partition coefficient (Wildman–Crippen LogP) is 1.54. The van der Waals surface area contributed by atoms with Gasteiger partial charge in [0.1, 0.15) is 0 Å². The molecule has 2 fully saturated rings. The Hall–Kier alpha value is 0.210. The van der Waals surface area contributed by atoms with Gasteiger partial charge in [0, 0.05) is 5.41 Å². The zero-order valence-corrected chi connectivity index (χ0v) is 8.21. The van der Waals surface area contributed by atoms with Gasteiger partial charge >= 0.3 is 0 Å². The minimum absolute atomic E-state index is 0.0830. The molecule has 0 aliphatic carbocycles. The molecule has 2 bridgehead atoms. The molecule has 4 atom stereocenters. The standard InChI is InChI=1S/C9H15ClO2/c1-9(2)6-4-3-5(12-6)7(10)8(9)11/h5-8,11H,3-4H2,1-2H3/t5-,6+,7+,8-/m0/s1. The van der Waals surface area contributed by atoms with Crippen molar-refractivity contribution in [1.82, 2.24) is 0 Å². The van der Waals surface area contributed by atoms with Crippen molar-refractivity contribution in [1.29, 1.82) is 0 Å². The minimum Gasteiger partial charge on any atom is -0.391 e. The largest absolute Gasteiger partial charge is 0.391 e. The van der Waals surface area contributed by atoms with Crippen LogP contribution in [0.25, 0.3) is 0 Å². The molecule has 0 aromatic carbocycles. The summed E-state index contributed by atoms with van der Waals surface area (Å²) < 4.78 is 5.70. The molecule has 2 saturated heterocycles. The van der Waals surface area contributed by atoms with Crippen molar-refractivity contribution in [2.45, 2.75) is 50.4 Å². The van der Waals surface area contributed by atoms with Gasteiger partial charge in [0.15, 0.2) is 0 Å². The number of halogens is 1. The highest BCUT2D eigenvalue weighted by Crippen LogP contribution is 2.46. The van der Waals surface area contributed by atoms with E-state index in [1.165, 1.54) is 0 Å². The highest BCUT2D eigenvalue weighted by Gasteiger charge is 2.52. The average molecular weight is 191 g/mol. The zero-order chi connectivity index (χ0) is 8.93. The van der Waals surface area contributed by atoms with E-state index < -0.39 is 6.10 Å². The van der Waals surface area contributed by atoms with Crippen molar-refractivity contribution >= 4 is 11.6 Å². The molecule has 0 spiro atoms. The van der Waals surface area contributed by atoms with E-state index in [9.17, 15) is 5.11 Å². The fourth-order valence-electron chi connectivity index (χ4n) is 2.25. The Morgan fingerprint density at radius 2 is 2.08 bits per heavy atom. The lowest BCUT2D eigenvalue weighted by Gasteiger charge is -2.43. The van der Waals surface area contributed by atoms with Crippen molar-refractivity contribution < 1.29 is 9.84 Å². The van der Waals surface area contributed by atoms with Crippen LogP contribution in [0.2, 0.25) is 0 Å². The molecule has 2 aliphatic rings. The van der Waals surface area contributed by atoms with E-state index in [0.29, 0.717) is 0 Å². The quantitative estimate of drug-likeness (QED) is 0.588. The number of hydrogen-bond acceptors (Lipinski definition) is 2. The van der Waals surface area contributed by atoms with Gasteiger partial charge in [-0.05, 0) is 12.8 Å². The Kier molecular flexibility index (Phi) is 1.90. The van der Waals surface area contributed by atoms with Gasteiger partial charge in [0.25, 0.3) is 0 Å². The second kappa shape index (κ2) is 2.60. The molecule has 2 nitrogen and oxygen atoms in total. The van der Waals surface area contributed by atoms with Crippen molar-refractivity contribution in [3.63, 3.8) is 0 Å². The highest BCUT2D eigenvalue weighted by atomic mass is 35.5. The highest BCUT2D eigenvalue weighted by molar-refractivity contribution is 6.21. The van der Waals surface area contributed by atoms with Crippen molar-refractivity contribution in [2.24, 2.45) is 5.41 Å². The summed E-state index contributed by atoms with van der Waals surface area (Å²) in [6.07, 6.45) is 1.90. The van der Waals surface area contributed by atoms with E-state index in [-0.39, 0.29) is 23.0 Å². The van der Waals surface area contributed by atoms with Gasteiger partial charge in [0.05, 0.1) is 23.7 Å². The van der Waals surface area contributed by atoms with E-state index in [4.69, 9.17) is 16.3 Å². The molecule has 0 aromatic rings. The average Bonchev–Trinajstić information content (AvgIpc) is 2.46. The van der Waals surface area contributed by atoms with Crippen LogP contribution in [0.4, 0.5) is 0 Å². The number of aliphatic hydroxyl groups is 1. The lowest BCUT2D eigenvalue weighted by Crippen LogP contribution is -2.52. The molecule has 0 radical (unpaired) electrons. The first-order valence-electron chi connectivity index (χ1n) is 4.51. The summed E-state index contributed by atoms with van der Waals surface area (Å²) in [4.78, 5) is 0. The third-order valence-corrected chi connectivity index (χ3v) is 3.82. The molecule has 0 unspecified atom stereocenters. The van der Waals surface area contributed by atoms with Crippen molar-refractivity contribution in [3.05, 3.63) is 0 Å². The minimum atomic E-state index is -0.426. The van der Waals surface area contributed by atoms with Crippen molar-refractivity contribution in [3.8, 4) is 0 Å². The fraction of sp³-hybridized carbons (Fsp3) is 1.00. The molecule has 0 saturated carbocycles. The predicted molar refractivity (Wildman–Crippen MR) is 47.3 cm³/mol.